The minimum Gasteiger partial charge on any atom is -0.657 e. The van der Waals surface area contributed by atoms with E-state index in [1.807, 2.05) is 0 Å². The van der Waals surface area contributed by atoms with Crippen LogP contribution in [0, 0.1) is 34.6 Å². The molecule has 0 N–H and O–H groups in total. The van der Waals surface area contributed by atoms with Crippen molar-refractivity contribution < 1.29 is 34.1 Å². The molecule has 4 aliphatic rings. The third-order valence-electron chi connectivity index (χ3n) is 21.8. The zero-order chi connectivity index (χ0) is 78.2. The second-order valence-corrected chi connectivity index (χ2v) is 32.6. The third kappa shape index (κ3) is 15.3. The fourth-order valence-corrected chi connectivity index (χ4v) is 15.9. The Morgan fingerprint density at radius 3 is 0.661 bits per heavy atom. The summed E-state index contributed by atoms with van der Waals surface area (Å²) in [6.07, 6.45) is 17.1. The molecule has 566 valence electrons. The number of para-hydroxylation sites is 2. The van der Waals surface area contributed by atoms with E-state index in [0.29, 0.717) is 8.97 Å². The van der Waals surface area contributed by atoms with E-state index in [9.17, 15) is 0 Å². The number of hydrogen-bond donors (Lipinski definition) is 0. The average molecular weight is 1580 g/mol. The van der Waals surface area contributed by atoms with Crippen molar-refractivity contribution in [2.24, 2.45) is 0 Å². The first-order valence-electron chi connectivity index (χ1n) is 38.7. The molecule has 0 fully saturated rings. The second-order valence-electron chi connectivity index (χ2n) is 32.6. The van der Waals surface area contributed by atoms with E-state index < -0.39 is 0 Å². The molecule has 4 aliphatic heterocycles. The number of aromatic nitrogens is 8. The van der Waals surface area contributed by atoms with Crippen LogP contribution in [0.3, 0.4) is 0 Å². The Bertz CT molecular complexity index is 6400. The molecule has 13 heteroatoms. The molecule has 115 heavy (non-hydrogen) atoms. The molecule has 0 saturated heterocycles. The van der Waals surface area contributed by atoms with Crippen molar-refractivity contribution in [3.63, 3.8) is 0 Å². The van der Waals surface area contributed by atoms with Crippen molar-refractivity contribution in [3.05, 3.63) is 316 Å². The number of quaternary nitrogens is 3. The summed E-state index contributed by atoms with van der Waals surface area (Å²) in [5.41, 5.74) is 39.8. The summed E-state index contributed by atoms with van der Waals surface area (Å²) in [6.45, 7) is 10.7. The molecule has 0 saturated carbocycles. The molecule has 11 nitrogen and oxygen atoms in total. The van der Waals surface area contributed by atoms with Gasteiger partial charge in [0.2, 0.25) is 0 Å². The summed E-state index contributed by atoms with van der Waals surface area (Å²) in [5.74, 6) is 0. The molecule has 0 atom stereocenters. The van der Waals surface area contributed by atoms with Crippen molar-refractivity contribution in [2.45, 2.75) is 34.6 Å². The van der Waals surface area contributed by atoms with Crippen LogP contribution < -0.4 is 33.4 Å². The van der Waals surface area contributed by atoms with Crippen LogP contribution in [0.25, 0.3) is 182 Å². The van der Waals surface area contributed by atoms with Crippen LogP contribution in [0.5, 0.6) is 0 Å². The molecule has 0 aliphatic carbocycles. The van der Waals surface area contributed by atoms with E-state index in [0.717, 1.165) is 194 Å². The van der Waals surface area contributed by atoms with E-state index in [2.05, 4.69) is 389 Å². The van der Waals surface area contributed by atoms with E-state index in [4.69, 9.17) is 39.9 Å². The first-order chi connectivity index (χ1) is 54.4. The van der Waals surface area contributed by atoms with Crippen LogP contribution in [0.15, 0.2) is 243 Å². The van der Waals surface area contributed by atoms with Crippen LogP contribution in [0.2, 0.25) is 0 Å². The topological polar surface area (TPSA) is 108 Å². The molecule has 18 rings (SSSR count). The fourth-order valence-electron chi connectivity index (χ4n) is 15.9. The van der Waals surface area contributed by atoms with Crippen LogP contribution >= 0.6 is 0 Å². The molecule has 10 heterocycles. The van der Waals surface area contributed by atoms with Gasteiger partial charge in [0.1, 0.15) is 17.1 Å². The SMILES string of the molecule is Cc1ccc(-c2c3nc(c(-c4ccc(C)cc4)c4ccc([n-]4)c(-c4ccc([N+](C)(C)C)cc4)c4nc(c(-c5ccc(C)cc5)c5ccc2[n-]5)C=C4)C=C3)cc1.Cc1ccccc1-c1c2nc(c(-c3ccccc3C)c3ccc([n-]3)c(-c3ccccc3[N+](C)(C)C)c3nc(c(-c4ccccc4[N+](C)(C)C)c4ccc1[n-]4)C=C3)C=C2.[Fe+2].[Fe+2]. The Morgan fingerprint density at radius 1 is 0.209 bits per heavy atom. The van der Waals surface area contributed by atoms with Gasteiger partial charge in [-0.1, -0.05) is 211 Å². The molecular formula is C102H90Fe2N11+3. The van der Waals surface area contributed by atoms with Gasteiger partial charge in [-0.25, -0.2) is 19.9 Å². The molecule has 0 unspecified atom stereocenters. The molecule has 8 aromatic carbocycles. The quantitative estimate of drug-likeness (QED) is 0.0931. The summed E-state index contributed by atoms with van der Waals surface area (Å²) in [4.78, 5) is 43.7. The maximum Gasteiger partial charge on any atom is 2.00 e. The van der Waals surface area contributed by atoms with Crippen molar-refractivity contribution in [1.29, 1.82) is 0 Å². The van der Waals surface area contributed by atoms with Crippen LogP contribution in [-0.2, 0) is 34.1 Å². The van der Waals surface area contributed by atoms with Gasteiger partial charge in [0.25, 0.3) is 0 Å². The minimum atomic E-state index is 0. The van der Waals surface area contributed by atoms with E-state index in [-0.39, 0.29) is 34.1 Å². The van der Waals surface area contributed by atoms with Crippen molar-refractivity contribution in [1.82, 2.24) is 53.3 Å². The van der Waals surface area contributed by atoms with E-state index >= 15 is 0 Å². The van der Waals surface area contributed by atoms with Crippen LogP contribution in [0.4, 0.5) is 17.1 Å². The number of fused-ring (bicyclic) bond motifs is 16. The van der Waals surface area contributed by atoms with E-state index in [1.165, 1.54) is 33.8 Å². The summed E-state index contributed by atoms with van der Waals surface area (Å²) >= 11 is 0. The van der Waals surface area contributed by atoms with Crippen molar-refractivity contribution in [2.75, 3.05) is 63.4 Å². The number of benzene rings is 8. The second kappa shape index (κ2) is 31.3. The summed E-state index contributed by atoms with van der Waals surface area (Å²) in [5, 5.41) is 0. The van der Waals surface area contributed by atoms with Gasteiger partial charge in [-0.2, -0.15) is 0 Å². The Balaban J connectivity index is 0.000000178. The van der Waals surface area contributed by atoms with Gasteiger partial charge >= 0.3 is 34.1 Å². The fraction of sp³-hybridized carbons (Fsp3) is 0.137. The molecule has 6 aromatic heterocycles. The Kier molecular flexibility index (Phi) is 21.3. The molecular weight excluding hydrogens is 1490 g/mol. The maximum atomic E-state index is 5.57. The minimum absolute atomic E-state index is 0. The number of rotatable bonds is 11. The van der Waals surface area contributed by atoms with Crippen molar-refractivity contribution >= 4 is 110 Å². The van der Waals surface area contributed by atoms with Gasteiger partial charge in [-0.05, 0) is 221 Å². The Morgan fingerprint density at radius 2 is 0.417 bits per heavy atom. The van der Waals surface area contributed by atoms with Crippen LogP contribution in [0.1, 0.15) is 73.4 Å². The van der Waals surface area contributed by atoms with Gasteiger partial charge in [0.15, 0.2) is 0 Å². The monoisotopic (exact) mass is 1580 g/mol. The molecule has 0 amide bonds. The first kappa shape index (κ1) is 78.2. The van der Waals surface area contributed by atoms with Gasteiger partial charge in [0.05, 0.1) is 109 Å². The first-order valence-corrected chi connectivity index (χ1v) is 38.7. The molecule has 0 spiro atoms. The van der Waals surface area contributed by atoms with Gasteiger partial charge in [-0.3, -0.25) is 13.4 Å². The van der Waals surface area contributed by atoms with Crippen molar-refractivity contribution in [3.8, 4) is 89.0 Å². The predicted molar refractivity (Wildman–Crippen MR) is 479 cm³/mol. The smallest absolute Gasteiger partial charge is 0.657 e. The number of aryl methyl sites for hydroxylation is 5. The zero-order valence-electron chi connectivity index (χ0n) is 67.3. The number of nitrogens with zero attached hydrogens (tertiary/aromatic N) is 11. The Hall–Kier alpha value is -12.1. The number of hydrogen-bond acceptors (Lipinski definition) is 4. The maximum absolute atomic E-state index is 5.57. The average Bonchev–Trinajstić information content (AvgIpc) is 1.62. The normalized spacial score (nSPS) is 12.3. The third-order valence-corrected chi connectivity index (χ3v) is 21.8. The largest absolute Gasteiger partial charge is 2.00 e. The van der Waals surface area contributed by atoms with E-state index in [1.54, 1.807) is 0 Å². The van der Waals surface area contributed by atoms with Gasteiger partial charge < -0.3 is 19.9 Å². The summed E-state index contributed by atoms with van der Waals surface area (Å²) in [7, 11) is 19.8. The standard InChI is InChI=1S/C52H48N6.C50H42N5.2Fe/c1-33-17-9-11-19-35(33)49-39-25-26-40(53-39)50(36-20-12-10-18-34(36)2)42-28-30-44(55-42)52(38-22-14-16-24-48(38)58(6,7)8)46-32-31-45(56-46)51(43-29-27-41(49)54-43)37-21-13-15-23-47(37)57(3,4)5;1-31-7-13-34(14-8-31)47-39-23-25-41(51-39)48(35-15-9-32(2)10-16-35)43-27-29-45(53-43)50(37-19-21-38(22-20-37)55(4,5)6)46-30-28-44(54-46)49(42-26-24-40(47)52-42)36-17-11-33(3)12-18-36;;/h9-32H,1-8H3;7-30H,1-6H3;;/q;-1;2*+2. The molecule has 14 aromatic rings. The predicted octanol–water partition coefficient (Wildman–Crippen LogP) is 23.3. The molecule has 0 radical (unpaired) electrons. The Labute approximate surface area is 695 Å². The summed E-state index contributed by atoms with van der Waals surface area (Å²) < 4.78 is 1.99. The van der Waals surface area contributed by atoms with Crippen LogP contribution in [-0.4, -0.2) is 83.4 Å². The zero-order valence-corrected chi connectivity index (χ0v) is 69.5. The van der Waals surface area contributed by atoms with Gasteiger partial charge in [-0.15, -0.1) is 44.1 Å². The van der Waals surface area contributed by atoms with Gasteiger partial charge in [0, 0.05) is 11.1 Å². The summed E-state index contributed by atoms with van der Waals surface area (Å²) in [6, 6.07) is 86.1. The molecule has 16 bridgehead atoms.